The summed E-state index contributed by atoms with van der Waals surface area (Å²) in [7, 11) is 0. The number of carbonyl (C=O) groups excluding carboxylic acids is 2. The summed E-state index contributed by atoms with van der Waals surface area (Å²) < 4.78 is 0. The number of hydrogen-bond acceptors (Lipinski definition) is 2. The third-order valence-electron chi connectivity index (χ3n) is 5.32. The average Bonchev–Trinajstić information content (AvgIpc) is 2.98. The molecule has 24 heavy (non-hydrogen) atoms. The molecule has 2 saturated heterocycles. The van der Waals surface area contributed by atoms with E-state index in [0.29, 0.717) is 24.0 Å². The van der Waals surface area contributed by atoms with Gasteiger partial charge in [0, 0.05) is 36.3 Å². The van der Waals surface area contributed by atoms with Crippen molar-refractivity contribution in [3.8, 4) is 0 Å². The van der Waals surface area contributed by atoms with Crippen molar-refractivity contribution in [2.24, 2.45) is 5.92 Å². The average molecular weight is 349 g/mol. The van der Waals surface area contributed by atoms with Crippen LogP contribution in [0.25, 0.3) is 0 Å². The largest absolute Gasteiger partial charge is 0.339 e. The lowest BCUT2D eigenvalue weighted by molar-refractivity contribution is -0.139. The molecule has 2 fully saturated rings. The van der Waals surface area contributed by atoms with Gasteiger partial charge < -0.3 is 9.80 Å². The van der Waals surface area contributed by atoms with E-state index >= 15 is 0 Å². The number of halogens is 1. The van der Waals surface area contributed by atoms with Crippen molar-refractivity contribution in [1.82, 2.24) is 4.90 Å². The van der Waals surface area contributed by atoms with Gasteiger partial charge in [0.2, 0.25) is 11.8 Å². The Morgan fingerprint density at radius 1 is 1.33 bits per heavy atom. The number of nitrogens with zero attached hydrogens (tertiary/aromatic N) is 2. The molecular weight excluding hydrogens is 324 g/mol. The standard InChI is InChI=1S/C19H25ClN2O2/c1-3-16-6-4-5-9-21(16)19(24)14-10-18(23)22(12-14)17-11-15(20)8-7-13(17)2/h7-8,11,14,16H,3-6,9-10,12H2,1-2H3. The summed E-state index contributed by atoms with van der Waals surface area (Å²) in [6.07, 6.45) is 4.64. The van der Waals surface area contributed by atoms with E-state index in [1.807, 2.05) is 30.0 Å². The van der Waals surface area contributed by atoms with Crippen LogP contribution >= 0.6 is 11.6 Å². The van der Waals surface area contributed by atoms with Crippen LogP contribution in [0.2, 0.25) is 5.02 Å². The van der Waals surface area contributed by atoms with Crippen LogP contribution in [-0.4, -0.2) is 35.8 Å². The molecule has 1 aromatic carbocycles. The van der Waals surface area contributed by atoms with Gasteiger partial charge in [-0.15, -0.1) is 0 Å². The Bertz CT molecular complexity index is 646. The predicted octanol–water partition coefficient (Wildman–Crippen LogP) is 3.79. The first-order valence-electron chi connectivity index (χ1n) is 8.88. The summed E-state index contributed by atoms with van der Waals surface area (Å²) >= 11 is 6.09. The number of likely N-dealkylation sites (tertiary alicyclic amines) is 1. The fourth-order valence-corrected chi connectivity index (χ4v) is 4.10. The monoisotopic (exact) mass is 348 g/mol. The lowest BCUT2D eigenvalue weighted by Crippen LogP contribution is -2.46. The number of carbonyl (C=O) groups is 2. The second-order valence-corrected chi connectivity index (χ2v) is 7.36. The molecule has 2 amide bonds. The van der Waals surface area contributed by atoms with Crippen molar-refractivity contribution < 1.29 is 9.59 Å². The molecule has 2 unspecified atom stereocenters. The lowest BCUT2D eigenvalue weighted by Gasteiger charge is -2.36. The molecule has 0 spiro atoms. The first-order valence-corrected chi connectivity index (χ1v) is 9.26. The van der Waals surface area contributed by atoms with E-state index in [1.165, 1.54) is 6.42 Å². The van der Waals surface area contributed by atoms with E-state index in [1.54, 1.807) is 4.90 Å². The molecule has 0 N–H and O–H groups in total. The third kappa shape index (κ3) is 3.30. The number of aryl methyl sites for hydroxylation is 1. The molecule has 0 aromatic heterocycles. The maximum atomic E-state index is 13.0. The van der Waals surface area contributed by atoms with Gasteiger partial charge in [0.1, 0.15) is 0 Å². The molecule has 2 atom stereocenters. The molecular formula is C19H25ClN2O2. The maximum absolute atomic E-state index is 13.0. The fourth-order valence-electron chi connectivity index (χ4n) is 3.93. The molecule has 3 rings (SSSR count). The predicted molar refractivity (Wildman–Crippen MR) is 96.3 cm³/mol. The first-order chi connectivity index (χ1) is 11.5. The topological polar surface area (TPSA) is 40.6 Å². The minimum Gasteiger partial charge on any atom is -0.339 e. The van der Waals surface area contributed by atoms with Crippen molar-refractivity contribution in [1.29, 1.82) is 0 Å². The highest BCUT2D eigenvalue weighted by Gasteiger charge is 2.39. The van der Waals surface area contributed by atoms with Crippen LogP contribution in [0.15, 0.2) is 18.2 Å². The summed E-state index contributed by atoms with van der Waals surface area (Å²) in [6.45, 7) is 5.40. The summed E-state index contributed by atoms with van der Waals surface area (Å²) in [5, 5.41) is 0.611. The zero-order valence-electron chi connectivity index (χ0n) is 14.4. The Kier molecular flexibility index (Phi) is 5.14. The van der Waals surface area contributed by atoms with Crippen LogP contribution in [0.5, 0.6) is 0 Å². The summed E-state index contributed by atoms with van der Waals surface area (Å²) in [6, 6.07) is 5.89. The van der Waals surface area contributed by atoms with Gasteiger partial charge in [-0.2, -0.15) is 0 Å². The van der Waals surface area contributed by atoms with Crippen LogP contribution in [0.4, 0.5) is 5.69 Å². The summed E-state index contributed by atoms with van der Waals surface area (Å²) in [5.41, 5.74) is 1.83. The fraction of sp³-hybridized carbons (Fsp3) is 0.579. The van der Waals surface area contributed by atoms with E-state index in [0.717, 1.165) is 37.1 Å². The Labute approximate surface area is 148 Å². The highest BCUT2D eigenvalue weighted by Crippen LogP contribution is 2.32. The van der Waals surface area contributed by atoms with E-state index < -0.39 is 0 Å². The SMILES string of the molecule is CCC1CCCCN1C(=O)C1CC(=O)N(c2cc(Cl)ccc2C)C1. The number of rotatable bonds is 3. The van der Waals surface area contributed by atoms with Crippen LogP contribution < -0.4 is 4.90 Å². The molecule has 0 bridgehead atoms. The Hall–Kier alpha value is -1.55. The maximum Gasteiger partial charge on any atom is 0.228 e. The minimum atomic E-state index is -0.233. The number of hydrogen-bond donors (Lipinski definition) is 0. The van der Waals surface area contributed by atoms with Crippen molar-refractivity contribution in [2.45, 2.75) is 52.0 Å². The van der Waals surface area contributed by atoms with Crippen molar-refractivity contribution in [3.63, 3.8) is 0 Å². The second kappa shape index (κ2) is 7.14. The zero-order valence-corrected chi connectivity index (χ0v) is 15.2. The second-order valence-electron chi connectivity index (χ2n) is 6.93. The summed E-state index contributed by atoms with van der Waals surface area (Å²) in [5.74, 6) is -0.0658. The molecule has 2 aliphatic heterocycles. The van der Waals surface area contributed by atoms with E-state index in [-0.39, 0.29) is 17.7 Å². The quantitative estimate of drug-likeness (QED) is 0.833. The molecule has 0 saturated carbocycles. The molecule has 2 aliphatic rings. The van der Waals surface area contributed by atoms with Gasteiger partial charge in [-0.25, -0.2) is 0 Å². The van der Waals surface area contributed by atoms with Gasteiger partial charge in [-0.1, -0.05) is 24.6 Å². The highest BCUT2D eigenvalue weighted by atomic mass is 35.5. The van der Waals surface area contributed by atoms with Crippen LogP contribution in [0, 0.1) is 12.8 Å². The van der Waals surface area contributed by atoms with E-state index in [9.17, 15) is 9.59 Å². The van der Waals surface area contributed by atoms with Crippen LogP contribution in [0.1, 0.15) is 44.6 Å². The Balaban J connectivity index is 1.76. The number of benzene rings is 1. The third-order valence-corrected chi connectivity index (χ3v) is 5.55. The van der Waals surface area contributed by atoms with Crippen molar-refractivity contribution >= 4 is 29.1 Å². The molecule has 5 heteroatoms. The van der Waals surface area contributed by atoms with Crippen LogP contribution in [-0.2, 0) is 9.59 Å². The molecule has 1 aromatic rings. The lowest BCUT2D eigenvalue weighted by atomic mass is 9.97. The number of anilines is 1. The van der Waals surface area contributed by atoms with Crippen molar-refractivity contribution in [3.05, 3.63) is 28.8 Å². The van der Waals surface area contributed by atoms with Gasteiger partial charge in [0.05, 0.1) is 5.92 Å². The van der Waals surface area contributed by atoms with Gasteiger partial charge in [-0.3, -0.25) is 9.59 Å². The van der Waals surface area contributed by atoms with Gasteiger partial charge in [-0.05, 0) is 50.3 Å². The molecule has 0 radical (unpaired) electrons. The smallest absolute Gasteiger partial charge is 0.228 e. The zero-order chi connectivity index (χ0) is 17.3. The molecule has 130 valence electrons. The number of piperidine rings is 1. The summed E-state index contributed by atoms with van der Waals surface area (Å²) in [4.78, 5) is 29.2. The molecule has 2 heterocycles. The van der Waals surface area contributed by atoms with Gasteiger partial charge in [0.15, 0.2) is 0 Å². The van der Waals surface area contributed by atoms with Crippen LogP contribution in [0.3, 0.4) is 0 Å². The minimum absolute atomic E-state index is 0.0174. The first kappa shape index (κ1) is 17.3. The molecule has 4 nitrogen and oxygen atoms in total. The van der Waals surface area contributed by atoms with Gasteiger partial charge >= 0.3 is 0 Å². The Morgan fingerprint density at radius 3 is 2.88 bits per heavy atom. The van der Waals surface area contributed by atoms with Gasteiger partial charge in [0.25, 0.3) is 0 Å². The van der Waals surface area contributed by atoms with E-state index in [4.69, 9.17) is 11.6 Å². The van der Waals surface area contributed by atoms with E-state index in [2.05, 4.69) is 6.92 Å². The number of amides is 2. The normalized spacial score (nSPS) is 24.5. The van der Waals surface area contributed by atoms with Crippen molar-refractivity contribution in [2.75, 3.05) is 18.0 Å². The Morgan fingerprint density at radius 2 is 2.12 bits per heavy atom. The molecule has 0 aliphatic carbocycles. The highest BCUT2D eigenvalue weighted by molar-refractivity contribution is 6.31.